The molecule has 3 heteroatoms. The average molecular weight is 238 g/mol. The van der Waals surface area contributed by atoms with Gasteiger partial charge in [0, 0.05) is 17.0 Å². The van der Waals surface area contributed by atoms with Crippen molar-refractivity contribution in [3.8, 4) is 0 Å². The molecule has 0 amide bonds. The van der Waals surface area contributed by atoms with Crippen molar-refractivity contribution in [3.05, 3.63) is 23.9 Å². The van der Waals surface area contributed by atoms with Crippen LogP contribution in [0.3, 0.4) is 0 Å². The van der Waals surface area contributed by atoms with Crippen LogP contribution in [0.15, 0.2) is 23.4 Å². The molecule has 16 heavy (non-hydrogen) atoms. The molecule has 1 atom stereocenters. The van der Waals surface area contributed by atoms with Gasteiger partial charge in [-0.2, -0.15) is 0 Å². The number of hydrogen-bond donors (Lipinski definition) is 1. The number of aromatic nitrogens is 1. The van der Waals surface area contributed by atoms with E-state index in [1.165, 1.54) is 5.56 Å². The van der Waals surface area contributed by atoms with Gasteiger partial charge in [-0.1, -0.05) is 33.8 Å². The van der Waals surface area contributed by atoms with Crippen LogP contribution in [-0.4, -0.2) is 16.3 Å². The van der Waals surface area contributed by atoms with Crippen LogP contribution in [0.1, 0.15) is 46.2 Å². The molecule has 1 N–H and O–H groups in total. The van der Waals surface area contributed by atoms with E-state index in [1.807, 2.05) is 6.20 Å². The molecule has 0 saturated heterocycles. The van der Waals surface area contributed by atoms with Crippen LogP contribution in [0.5, 0.6) is 0 Å². The summed E-state index contributed by atoms with van der Waals surface area (Å²) in [5.41, 5.74) is 1.25. The second kappa shape index (κ2) is 5.69. The molecule has 0 radical (unpaired) electrons. The maximum atomic E-state index is 4.49. The first-order valence-electron chi connectivity index (χ1n) is 5.80. The maximum Gasteiger partial charge on any atom is 0.0965 e. The van der Waals surface area contributed by atoms with Crippen molar-refractivity contribution in [3.63, 3.8) is 0 Å². The van der Waals surface area contributed by atoms with Gasteiger partial charge in [-0.25, -0.2) is 4.98 Å². The second-order valence-corrected chi connectivity index (χ2v) is 6.77. The average Bonchev–Trinajstić information content (AvgIpc) is 2.16. The zero-order valence-corrected chi connectivity index (χ0v) is 11.7. The van der Waals surface area contributed by atoms with Crippen LogP contribution >= 0.6 is 11.8 Å². The van der Waals surface area contributed by atoms with E-state index in [2.05, 4.69) is 57.1 Å². The molecule has 0 fully saturated rings. The van der Waals surface area contributed by atoms with Crippen LogP contribution in [-0.2, 0) is 0 Å². The van der Waals surface area contributed by atoms with E-state index in [9.17, 15) is 0 Å². The van der Waals surface area contributed by atoms with E-state index < -0.39 is 0 Å². The minimum atomic E-state index is 0.224. The third-order valence-corrected chi connectivity index (χ3v) is 3.24. The molecule has 0 aromatic carbocycles. The Kier molecular flexibility index (Phi) is 4.81. The van der Waals surface area contributed by atoms with Gasteiger partial charge in [0.05, 0.1) is 5.03 Å². The summed E-state index contributed by atoms with van der Waals surface area (Å²) < 4.78 is 0.224. The van der Waals surface area contributed by atoms with E-state index in [1.54, 1.807) is 11.8 Å². The number of nitrogens with one attached hydrogen (secondary N) is 1. The normalized spacial score (nSPS) is 13.8. The lowest BCUT2D eigenvalue weighted by Crippen LogP contribution is -2.17. The van der Waals surface area contributed by atoms with Gasteiger partial charge in [0.25, 0.3) is 0 Å². The Hall–Kier alpha value is -0.540. The fourth-order valence-corrected chi connectivity index (χ4v) is 2.31. The minimum absolute atomic E-state index is 0.224. The molecule has 0 bridgehead atoms. The molecule has 2 nitrogen and oxygen atoms in total. The quantitative estimate of drug-likeness (QED) is 0.811. The molecular formula is C13H22N2S. The SMILES string of the molecule is CCNC(C)c1ccc(SC(C)(C)C)nc1. The molecule has 1 aromatic rings. The Morgan fingerprint density at radius 1 is 1.38 bits per heavy atom. The van der Waals surface area contributed by atoms with Crippen LogP contribution in [0.2, 0.25) is 0 Å². The highest BCUT2D eigenvalue weighted by Crippen LogP contribution is 2.30. The molecule has 1 unspecified atom stereocenters. The predicted octanol–water partition coefficient (Wildman–Crippen LogP) is 3.64. The molecule has 0 aliphatic carbocycles. The van der Waals surface area contributed by atoms with Gasteiger partial charge in [0.1, 0.15) is 0 Å². The summed E-state index contributed by atoms with van der Waals surface area (Å²) in [6.07, 6.45) is 1.97. The number of hydrogen-bond acceptors (Lipinski definition) is 3. The first kappa shape index (κ1) is 13.5. The number of pyridine rings is 1. The first-order chi connectivity index (χ1) is 7.42. The largest absolute Gasteiger partial charge is 0.310 e. The van der Waals surface area contributed by atoms with Gasteiger partial charge in [-0.15, -0.1) is 11.8 Å². The van der Waals surface area contributed by atoms with Crippen molar-refractivity contribution < 1.29 is 0 Å². The van der Waals surface area contributed by atoms with Gasteiger partial charge in [-0.3, -0.25) is 0 Å². The van der Waals surface area contributed by atoms with Crippen LogP contribution in [0.4, 0.5) is 0 Å². The summed E-state index contributed by atoms with van der Waals surface area (Å²) >= 11 is 1.80. The molecule has 0 saturated carbocycles. The Morgan fingerprint density at radius 2 is 2.06 bits per heavy atom. The molecule has 90 valence electrons. The smallest absolute Gasteiger partial charge is 0.0965 e. The summed E-state index contributed by atoms with van der Waals surface area (Å²) in [5, 5.41) is 4.48. The zero-order valence-electron chi connectivity index (χ0n) is 10.9. The molecule has 0 spiro atoms. The Bertz CT molecular complexity index is 314. The monoisotopic (exact) mass is 238 g/mol. The van der Waals surface area contributed by atoms with Gasteiger partial charge in [-0.05, 0) is 25.1 Å². The van der Waals surface area contributed by atoms with E-state index in [0.29, 0.717) is 6.04 Å². The standard InChI is InChI=1S/C13H22N2S/c1-6-14-10(2)11-7-8-12(15-9-11)16-13(3,4)5/h7-10,14H,6H2,1-5H3. The summed E-state index contributed by atoms with van der Waals surface area (Å²) in [6.45, 7) is 11.9. The summed E-state index contributed by atoms with van der Waals surface area (Å²) in [4.78, 5) is 4.49. The van der Waals surface area contributed by atoms with Crippen LogP contribution < -0.4 is 5.32 Å². The van der Waals surface area contributed by atoms with Gasteiger partial charge < -0.3 is 5.32 Å². The number of thioether (sulfide) groups is 1. The van der Waals surface area contributed by atoms with Crippen molar-refractivity contribution >= 4 is 11.8 Å². The van der Waals surface area contributed by atoms with E-state index in [0.717, 1.165) is 11.6 Å². The molecule has 1 heterocycles. The summed E-state index contributed by atoms with van der Waals surface area (Å²) in [7, 11) is 0. The van der Waals surface area contributed by atoms with Crippen molar-refractivity contribution in [2.24, 2.45) is 0 Å². The first-order valence-corrected chi connectivity index (χ1v) is 6.62. The van der Waals surface area contributed by atoms with Crippen molar-refractivity contribution in [2.75, 3.05) is 6.54 Å². The van der Waals surface area contributed by atoms with Gasteiger partial charge in [0.15, 0.2) is 0 Å². The number of rotatable bonds is 4. The predicted molar refractivity (Wildman–Crippen MR) is 71.9 cm³/mol. The lowest BCUT2D eigenvalue weighted by Gasteiger charge is -2.17. The van der Waals surface area contributed by atoms with E-state index >= 15 is 0 Å². The van der Waals surface area contributed by atoms with E-state index in [-0.39, 0.29) is 4.75 Å². The van der Waals surface area contributed by atoms with Crippen molar-refractivity contribution in [2.45, 2.75) is 50.4 Å². The lowest BCUT2D eigenvalue weighted by molar-refractivity contribution is 0.595. The molecule has 1 aromatic heterocycles. The van der Waals surface area contributed by atoms with E-state index in [4.69, 9.17) is 0 Å². The highest BCUT2D eigenvalue weighted by molar-refractivity contribution is 8.00. The highest BCUT2D eigenvalue weighted by atomic mass is 32.2. The second-order valence-electron chi connectivity index (χ2n) is 4.92. The maximum absolute atomic E-state index is 4.49. The van der Waals surface area contributed by atoms with Crippen molar-refractivity contribution in [1.82, 2.24) is 10.3 Å². The fraction of sp³-hybridized carbons (Fsp3) is 0.615. The molecule has 0 aliphatic rings. The van der Waals surface area contributed by atoms with Crippen LogP contribution in [0, 0.1) is 0 Å². The highest BCUT2D eigenvalue weighted by Gasteiger charge is 2.13. The third kappa shape index (κ3) is 4.54. The topological polar surface area (TPSA) is 24.9 Å². The summed E-state index contributed by atoms with van der Waals surface area (Å²) in [6, 6.07) is 4.65. The van der Waals surface area contributed by atoms with Crippen LogP contribution in [0.25, 0.3) is 0 Å². The fourth-order valence-electron chi connectivity index (χ4n) is 1.45. The lowest BCUT2D eigenvalue weighted by atomic mass is 10.1. The third-order valence-electron chi connectivity index (χ3n) is 2.18. The zero-order chi connectivity index (χ0) is 12.2. The van der Waals surface area contributed by atoms with Gasteiger partial charge in [0.2, 0.25) is 0 Å². The Morgan fingerprint density at radius 3 is 2.50 bits per heavy atom. The Balaban J connectivity index is 2.68. The molecular weight excluding hydrogens is 216 g/mol. The molecule has 0 aliphatic heterocycles. The van der Waals surface area contributed by atoms with Crippen molar-refractivity contribution in [1.29, 1.82) is 0 Å². The number of nitrogens with zero attached hydrogens (tertiary/aromatic N) is 1. The molecule has 1 rings (SSSR count). The van der Waals surface area contributed by atoms with Gasteiger partial charge >= 0.3 is 0 Å². The minimum Gasteiger partial charge on any atom is -0.310 e. The summed E-state index contributed by atoms with van der Waals surface area (Å²) in [5.74, 6) is 0. The Labute approximate surface area is 103 Å².